The van der Waals surface area contributed by atoms with Crippen molar-refractivity contribution in [2.75, 3.05) is 0 Å². The molecule has 7 heteroatoms. The monoisotopic (exact) mass is 372 g/mol. The van der Waals surface area contributed by atoms with Gasteiger partial charge in [0.2, 0.25) is 5.91 Å². The van der Waals surface area contributed by atoms with Gasteiger partial charge >= 0.3 is 5.97 Å². The fourth-order valence-electron chi connectivity index (χ4n) is 3.44. The van der Waals surface area contributed by atoms with Crippen molar-refractivity contribution in [3.63, 3.8) is 0 Å². The molecule has 0 unspecified atom stereocenters. The zero-order chi connectivity index (χ0) is 19.4. The number of ether oxygens (including phenoxy) is 1. The van der Waals surface area contributed by atoms with Crippen molar-refractivity contribution in [1.82, 2.24) is 10.5 Å². The third-order valence-corrected chi connectivity index (χ3v) is 5.03. The van der Waals surface area contributed by atoms with Gasteiger partial charge in [0.05, 0.1) is 23.6 Å². The predicted octanol–water partition coefficient (Wildman–Crippen LogP) is 2.78. The number of nitrogens with one attached hydrogen (secondary N) is 1. The van der Waals surface area contributed by atoms with Crippen LogP contribution in [0.4, 0.5) is 0 Å². The highest BCUT2D eigenvalue weighted by Crippen LogP contribution is 2.26. The molecule has 0 spiro atoms. The molecule has 0 saturated heterocycles. The number of hydrogen-bond acceptors (Lipinski definition) is 5. The van der Waals surface area contributed by atoms with Crippen molar-refractivity contribution in [2.45, 2.75) is 52.2 Å². The average Bonchev–Trinajstić information content (AvgIpc) is 3.21. The van der Waals surface area contributed by atoms with E-state index in [0.29, 0.717) is 18.8 Å². The lowest BCUT2D eigenvalue weighted by Crippen LogP contribution is -2.40. The van der Waals surface area contributed by atoms with E-state index in [1.54, 1.807) is 0 Å². The Hall–Kier alpha value is -2.83. The summed E-state index contributed by atoms with van der Waals surface area (Å²) in [6.07, 6.45) is 2.39. The van der Waals surface area contributed by atoms with Crippen molar-refractivity contribution in [3.8, 4) is 5.75 Å². The minimum absolute atomic E-state index is 0.155. The Morgan fingerprint density at radius 1 is 1.26 bits per heavy atom. The molecule has 144 valence electrons. The minimum Gasteiger partial charge on any atom is -0.489 e. The largest absolute Gasteiger partial charge is 0.489 e. The highest BCUT2D eigenvalue weighted by atomic mass is 16.5. The first-order valence-electron chi connectivity index (χ1n) is 9.09. The number of amides is 1. The quantitative estimate of drug-likeness (QED) is 0.775. The summed E-state index contributed by atoms with van der Waals surface area (Å²) in [5.41, 5.74) is 2.59. The first-order valence-corrected chi connectivity index (χ1v) is 9.09. The maximum atomic E-state index is 12.2. The van der Waals surface area contributed by atoms with Crippen molar-refractivity contribution in [2.24, 2.45) is 5.92 Å². The lowest BCUT2D eigenvalue weighted by Gasteiger charge is -2.17. The van der Waals surface area contributed by atoms with Gasteiger partial charge in [-0.25, -0.2) is 0 Å². The SMILES string of the molecule is Cc1noc(C)c1COc1ccc(CC(=O)N[C@@H]2CCC[C@@H]2C(=O)O)cc1. The van der Waals surface area contributed by atoms with Crippen LogP contribution < -0.4 is 10.1 Å². The van der Waals surface area contributed by atoms with E-state index in [0.717, 1.165) is 35.4 Å². The van der Waals surface area contributed by atoms with E-state index in [1.165, 1.54) is 0 Å². The molecule has 27 heavy (non-hydrogen) atoms. The second-order valence-corrected chi connectivity index (χ2v) is 6.96. The average molecular weight is 372 g/mol. The molecule has 1 amide bonds. The minimum atomic E-state index is -0.836. The van der Waals surface area contributed by atoms with Gasteiger partial charge in [-0.05, 0) is 44.4 Å². The molecule has 2 atom stereocenters. The zero-order valence-corrected chi connectivity index (χ0v) is 15.5. The fourth-order valence-corrected chi connectivity index (χ4v) is 3.44. The van der Waals surface area contributed by atoms with Gasteiger partial charge in [0.15, 0.2) is 0 Å². The normalized spacial score (nSPS) is 19.0. The number of aryl methyl sites for hydroxylation is 2. The second-order valence-electron chi connectivity index (χ2n) is 6.96. The van der Waals surface area contributed by atoms with Crippen molar-refractivity contribution in [3.05, 3.63) is 46.8 Å². The molecule has 1 aliphatic rings. The first kappa shape index (κ1) is 18.9. The number of carbonyl (C=O) groups excluding carboxylic acids is 1. The Morgan fingerprint density at radius 2 is 2.00 bits per heavy atom. The molecule has 0 radical (unpaired) electrons. The molecule has 2 N–H and O–H groups in total. The maximum Gasteiger partial charge on any atom is 0.308 e. The van der Waals surface area contributed by atoms with Crippen LogP contribution in [0.15, 0.2) is 28.8 Å². The van der Waals surface area contributed by atoms with Gasteiger partial charge in [0.25, 0.3) is 0 Å². The number of carboxylic acids is 1. The van der Waals surface area contributed by atoms with Crippen molar-refractivity contribution >= 4 is 11.9 Å². The highest BCUT2D eigenvalue weighted by Gasteiger charge is 2.33. The third kappa shape index (κ3) is 4.67. The van der Waals surface area contributed by atoms with Crippen LogP contribution in [0.5, 0.6) is 5.75 Å². The van der Waals surface area contributed by atoms with E-state index in [1.807, 2.05) is 38.1 Å². The number of aliphatic carboxylic acids is 1. The van der Waals surface area contributed by atoms with Crippen LogP contribution in [-0.2, 0) is 22.6 Å². The fraction of sp³-hybridized carbons (Fsp3) is 0.450. The molecule has 1 heterocycles. The molecule has 1 saturated carbocycles. The topological polar surface area (TPSA) is 102 Å². The second kappa shape index (κ2) is 8.24. The number of nitrogens with zero attached hydrogens (tertiary/aromatic N) is 1. The Bertz CT molecular complexity index is 793. The molecule has 1 aromatic heterocycles. The first-order chi connectivity index (χ1) is 12.9. The van der Waals surface area contributed by atoms with Crippen LogP contribution in [0.1, 0.15) is 41.8 Å². The lowest BCUT2D eigenvalue weighted by molar-refractivity contribution is -0.142. The summed E-state index contributed by atoms with van der Waals surface area (Å²) in [5, 5.41) is 16.0. The summed E-state index contributed by atoms with van der Waals surface area (Å²) < 4.78 is 10.9. The molecular weight excluding hydrogens is 348 g/mol. The van der Waals surface area contributed by atoms with E-state index < -0.39 is 11.9 Å². The van der Waals surface area contributed by atoms with Gasteiger partial charge in [-0.3, -0.25) is 9.59 Å². The van der Waals surface area contributed by atoms with Crippen LogP contribution in [0, 0.1) is 19.8 Å². The van der Waals surface area contributed by atoms with E-state index in [9.17, 15) is 14.7 Å². The summed E-state index contributed by atoms with van der Waals surface area (Å²) in [6, 6.07) is 7.04. The molecule has 1 fully saturated rings. The van der Waals surface area contributed by atoms with Crippen LogP contribution >= 0.6 is 0 Å². The van der Waals surface area contributed by atoms with Gasteiger partial charge in [-0.1, -0.05) is 23.7 Å². The third-order valence-electron chi connectivity index (χ3n) is 5.03. The van der Waals surface area contributed by atoms with E-state index in [-0.39, 0.29) is 18.4 Å². The number of aromatic nitrogens is 1. The van der Waals surface area contributed by atoms with Crippen LogP contribution in [0.3, 0.4) is 0 Å². The summed E-state index contributed by atoms with van der Waals surface area (Å²) in [5.74, 6) is -0.0301. The van der Waals surface area contributed by atoms with Gasteiger partial charge in [0.1, 0.15) is 18.1 Å². The molecule has 1 aromatic carbocycles. The molecule has 2 aromatic rings. The van der Waals surface area contributed by atoms with E-state index in [4.69, 9.17) is 9.26 Å². The molecule has 1 aliphatic carbocycles. The molecule has 7 nitrogen and oxygen atoms in total. The number of hydrogen-bond donors (Lipinski definition) is 2. The predicted molar refractivity (Wildman–Crippen MR) is 97.4 cm³/mol. The van der Waals surface area contributed by atoms with Gasteiger partial charge < -0.3 is 19.7 Å². The standard InChI is InChI=1S/C20H24N2O5/c1-12-17(13(2)27-22-12)11-26-15-8-6-14(7-9-15)10-19(23)21-18-5-3-4-16(18)20(24)25/h6-9,16,18H,3-5,10-11H2,1-2H3,(H,21,23)(H,24,25)/t16-,18+/m0/s1. The summed E-state index contributed by atoms with van der Waals surface area (Å²) in [7, 11) is 0. The summed E-state index contributed by atoms with van der Waals surface area (Å²) in [6.45, 7) is 4.09. The Morgan fingerprint density at radius 3 is 2.63 bits per heavy atom. The smallest absolute Gasteiger partial charge is 0.308 e. The molecule has 3 rings (SSSR count). The number of carboxylic acid groups (broad SMARTS) is 1. The maximum absolute atomic E-state index is 12.2. The number of benzene rings is 1. The molecule has 0 bridgehead atoms. The summed E-state index contributed by atoms with van der Waals surface area (Å²) in [4.78, 5) is 23.4. The van der Waals surface area contributed by atoms with Crippen LogP contribution in [0.25, 0.3) is 0 Å². The number of carbonyl (C=O) groups is 2. The van der Waals surface area contributed by atoms with Gasteiger partial charge in [0, 0.05) is 6.04 Å². The van der Waals surface area contributed by atoms with E-state index >= 15 is 0 Å². The molecular formula is C20H24N2O5. The van der Waals surface area contributed by atoms with E-state index in [2.05, 4.69) is 10.5 Å². The van der Waals surface area contributed by atoms with Gasteiger partial charge in [-0.15, -0.1) is 0 Å². The van der Waals surface area contributed by atoms with Crippen molar-refractivity contribution in [1.29, 1.82) is 0 Å². The van der Waals surface area contributed by atoms with Crippen LogP contribution in [-0.4, -0.2) is 28.2 Å². The van der Waals surface area contributed by atoms with Crippen LogP contribution in [0.2, 0.25) is 0 Å². The Labute approximate surface area is 157 Å². The van der Waals surface area contributed by atoms with Gasteiger partial charge in [-0.2, -0.15) is 0 Å². The van der Waals surface area contributed by atoms with Crippen molar-refractivity contribution < 1.29 is 24.0 Å². The highest BCUT2D eigenvalue weighted by molar-refractivity contribution is 5.80. The zero-order valence-electron chi connectivity index (χ0n) is 15.5. The Kier molecular flexibility index (Phi) is 5.78. The Balaban J connectivity index is 1.51. The lowest BCUT2D eigenvalue weighted by atomic mass is 10.0. The molecule has 0 aliphatic heterocycles. The summed E-state index contributed by atoms with van der Waals surface area (Å²) >= 11 is 0. The number of rotatable bonds is 7.